The van der Waals surface area contributed by atoms with Crippen LogP contribution in [0.2, 0.25) is 0 Å². The number of benzene rings is 6. The van der Waals surface area contributed by atoms with Crippen LogP contribution in [0.25, 0.3) is 0 Å². The van der Waals surface area contributed by atoms with E-state index in [4.69, 9.17) is 28.4 Å². The number of alkyl halides is 2. The number of aliphatic hydroxyl groups is 1. The van der Waals surface area contributed by atoms with Crippen molar-refractivity contribution >= 4 is 5.97 Å². The summed E-state index contributed by atoms with van der Waals surface area (Å²) in [5, 5.41) is 12.2. The van der Waals surface area contributed by atoms with Gasteiger partial charge in [-0.25, -0.2) is 4.79 Å². The molecular weight excluding hydrogens is 863 g/mol. The summed E-state index contributed by atoms with van der Waals surface area (Å²) in [4.78, 5) is 12.5. The molecule has 0 radical (unpaired) electrons. The van der Waals surface area contributed by atoms with Gasteiger partial charge >= 0.3 is 11.9 Å². The summed E-state index contributed by atoms with van der Waals surface area (Å²) in [7, 11) is 0. The fourth-order valence-corrected chi connectivity index (χ4v) is 9.12. The molecule has 0 amide bonds. The third-order valence-corrected chi connectivity index (χ3v) is 13.0. The topological polar surface area (TPSA) is 92.7 Å². The van der Waals surface area contributed by atoms with E-state index < -0.39 is 36.1 Å². The Labute approximate surface area is 400 Å². The van der Waals surface area contributed by atoms with Crippen LogP contribution in [-0.4, -0.2) is 53.5 Å². The van der Waals surface area contributed by atoms with Crippen LogP contribution < -0.4 is 0 Å². The Morgan fingerprint density at radius 2 is 0.926 bits per heavy atom. The molecule has 0 bridgehead atoms. The lowest BCUT2D eigenvalue weighted by atomic mass is 9.80. The molecule has 0 aliphatic carbocycles. The van der Waals surface area contributed by atoms with Crippen molar-refractivity contribution in [3.8, 4) is 0 Å². The van der Waals surface area contributed by atoms with Crippen LogP contribution in [0.5, 0.6) is 0 Å². The Bertz CT molecular complexity index is 2410. The van der Waals surface area contributed by atoms with Crippen molar-refractivity contribution in [1.29, 1.82) is 0 Å². The Balaban J connectivity index is 0.000000225. The summed E-state index contributed by atoms with van der Waals surface area (Å²) in [6.07, 6.45) is -2.75. The number of cyclic esters (lactones) is 1. The lowest BCUT2D eigenvalue weighted by Crippen LogP contribution is -2.69. The highest BCUT2D eigenvalue weighted by molar-refractivity contribution is 5.76. The lowest BCUT2D eigenvalue weighted by Gasteiger charge is -2.52. The molecule has 2 saturated heterocycles. The van der Waals surface area contributed by atoms with Crippen molar-refractivity contribution in [3.05, 3.63) is 215 Å². The van der Waals surface area contributed by atoms with E-state index in [1.165, 1.54) is 6.07 Å². The number of hydrogen-bond donors (Lipinski definition) is 1. The van der Waals surface area contributed by atoms with Gasteiger partial charge < -0.3 is 33.5 Å². The summed E-state index contributed by atoms with van der Waals surface area (Å²) in [6, 6.07) is 54.4. The highest BCUT2D eigenvalue weighted by atomic mass is 19.3. The third kappa shape index (κ3) is 12.3. The van der Waals surface area contributed by atoms with Gasteiger partial charge in [0.2, 0.25) is 0 Å². The maximum absolute atomic E-state index is 17.0. The maximum atomic E-state index is 17.0. The van der Waals surface area contributed by atoms with E-state index in [0.29, 0.717) is 25.2 Å². The number of esters is 1. The van der Waals surface area contributed by atoms with Gasteiger partial charge in [-0.05, 0) is 52.6 Å². The second-order valence-corrected chi connectivity index (χ2v) is 17.7. The van der Waals surface area contributed by atoms with Crippen molar-refractivity contribution in [2.45, 2.75) is 122 Å². The van der Waals surface area contributed by atoms with Gasteiger partial charge in [-0.2, -0.15) is 8.78 Å². The number of ether oxygens (including phenoxy) is 6. The molecule has 2 aliphatic heterocycles. The van der Waals surface area contributed by atoms with Crippen molar-refractivity contribution in [3.63, 3.8) is 0 Å². The molecule has 358 valence electrons. The highest BCUT2D eigenvalue weighted by Crippen LogP contribution is 2.50. The molecule has 6 aromatic carbocycles. The van der Waals surface area contributed by atoms with Gasteiger partial charge in [-0.15, -0.1) is 0 Å². The Morgan fingerprint density at radius 1 is 0.529 bits per heavy atom. The number of carbonyl (C=O) groups is 1. The monoisotopic (exact) mass is 926 g/mol. The van der Waals surface area contributed by atoms with Crippen molar-refractivity contribution in [2.24, 2.45) is 11.8 Å². The molecule has 6 aromatic rings. The highest BCUT2D eigenvalue weighted by Gasteiger charge is 2.67. The second kappa shape index (κ2) is 24.1. The quantitative estimate of drug-likeness (QED) is 0.0852. The standard InChI is InChI=1S/C36H38F2O4.C22H26O4/c1-3-32-26(2)33(40-24-28-17-9-5-10-18-28)34(41-25-29-19-11-6-12-20-29)36(39,42-32)35(37,38)31-22-14-13-21-30(31)23-27-15-7-4-8-16-27;1-3-19-16(2)20(24-14-17-10-6-4-7-11-17)21(22(23)26-19)25-15-18-12-8-5-9-13-18/h4-22,26,32-34,39H,3,23-25H2,1-2H3;4-13,16,19-21H,3,14-15H2,1-2H3/t26-,32-,33+,34-,36-;16-,19-,20+,21-/m11/s1. The molecule has 0 aromatic heterocycles. The van der Waals surface area contributed by atoms with Crippen LogP contribution >= 0.6 is 0 Å². The van der Waals surface area contributed by atoms with Crippen LogP contribution in [0.4, 0.5) is 8.78 Å². The number of carbonyl (C=O) groups excluding carboxylic acids is 1. The minimum atomic E-state index is -3.83. The molecule has 1 N–H and O–H groups in total. The van der Waals surface area contributed by atoms with Crippen LogP contribution in [0.3, 0.4) is 0 Å². The third-order valence-electron chi connectivity index (χ3n) is 13.0. The molecule has 8 nitrogen and oxygen atoms in total. The zero-order chi connectivity index (χ0) is 47.9. The largest absolute Gasteiger partial charge is 0.460 e. The molecule has 8 rings (SSSR count). The molecule has 0 spiro atoms. The van der Waals surface area contributed by atoms with Gasteiger partial charge in [0.25, 0.3) is 5.79 Å². The Morgan fingerprint density at radius 3 is 1.41 bits per heavy atom. The summed E-state index contributed by atoms with van der Waals surface area (Å²) < 4.78 is 70.4. The lowest BCUT2D eigenvalue weighted by molar-refractivity contribution is -0.419. The van der Waals surface area contributed by atoms with E-state index in [1.54, 1.807) is 18.2 Å². The molecule has 0 unspecified atom stereocenters. The van der Waals surface area contributed by atoms with Gasteiger partial charge in [0.05, 0.1) is 38.6 Å². The number of rotatable bonds is 18. The molecular formula is C58H64F2O8. The van der Waals surface area contributed by atoms with Gasteiger partial charge in [0.1, 0.15) is 18.3 Å². The Kier molecular flexibility index (Phi) is 17.8. The average Bonchev–Trinajstić information content (AvgIpc) is 3.37. The SMILES string of the molecule is CC[C@H]1OC(=O)[C@H](OCc2ccccc2)[C@@H](OCc2ccccc2)[C@@H]1C.CC[C@H]1O[C@@](O)(C(F)(F)c2ccccc2Cc2ccccc2)[C@H](OCc2ccccc2)[C@@H](OCc2ccccc2)[C@@H]1C. The van der Waals surface area contributed by atoms with Crippen molar-refractivity contribution < 1.29 is 47.1 Å². The summed E-state index contributed by atoms with van der Waals surface area (Å²) in [5.74, 6) is -7.41. The summed E-state index contributed by atoms with van der Waals surface area (Å²) in [6.45, 7) is 8.85. The summed E-state index contributed by atoms with van der Waals surface area (Å²) in [5.41, 5.74) is 4.78. The van der Waals surface area contributed by atoms with Crippen LogP contribution in [0.15, 0.2) is 176 Å². The van der Waals surface area contributed by atoms with E-state index in [1.807, 2.05) is 172 Å². The van der Waals surface area contributed by atoms with Crippen LogP contribution in [0.1, 0.15) is 79.5 Å². The molecule has 2 heterocycles. The first-order valence-electron chi connectivity index (χ1n) is 23.7. The average molecular weight is 927 g/mol. The van der Waals surface area contributed by atoms with Crippen LogP contribution in [0, 0.1) is 11.8 Å². The minimum Gasteiger partial charge on any atom is -0.460 e. The smallest absolute Gasteiger partial charge is 0.338 e. The van der Waals surface area contributed by atoms with E-state index in [-0.39, 0.29) is 55.2 Å². The number of halogens is 2. The van der Waals surface area contributed by atoms with Crippen molar-refractivity contribution in [2.75, 3.05) is 0 Å². The van der Waals surface area contributed by atoms with Gasteiger partial charge in [-0.3, -0.25) is 0 Å². The van der Waals surface area contributed by atoms with E-state index in [2.05, 4.69) is 6.92 Å². The number of hydrogen-bond acceptors (Lipinski definition) is 8. The molecule has 10 heteroatoms. The molecule has 0 saturated carbocycles. The maximum Gasteiger partial charge on any atom is 0.338 e. The molecule has 2 fully saturated rings. The first-order valence-corrected chi connectivity index (χ1v) is 23.7. The minimum absolute atomic E-state index is 0.00757. The molecule has 68 heavy (non-hydrogen) atoms. The van der Waals surface area contributed by atoms with E-state index in [9.17, 15) is 9.90 Å². The second-order valence-electron chi connectivity index (χ2n) is 17.7. The normalized spacial score (nSPS) is 24.9. The van der Waals surface area contributed by atoms with Crippen molar-refractivity contribution in [1.82, 2.24) is 0 Å². The fraction of sp³-hybridized carbons (Fsp3) is 0.362. The predicted octanol–water partition coefficient (Wildman–Crippen LogP) is 11.8. The Hall–Kier alpha value is -5.59. The zero-order valence-corrected chi connectivity index (χ0v) is 39.4. The fourth-order valence-electron chi connectivity index (χ4n) is 9.12. The predicted molar refractivity (Wildman–Crippen MR) is 258 cm³/mol. The zero-order valence-electron chi connectivity index (χ0n) is 39.4. The van der Waals surface area contributed by atoms with E-state index in [0.717, 1.165) is 34.2 Å². The van der Waals surface area contributed by atoms with Gasteiger partial charge in [-0.1, -0.05) is 204 Å². The van der Waals surface area contributed by atoms with Crippen LogP contribution in [-0.2, 0) is 72.0 Å². The summed E-state index contributed by atoms with van der Waals surface area (Å²) >= 11 is 0. The van der Waals surface area contributed by atoms with Gasteiger partial charge in [0, 0.05) is 17.4 Å². The van der Waals surface area contributed by atoms with Gasteiger partial charge in [0.15, 0.2) is 6.10 Å². The molecule has 9 atom stereocenters. The molecule has 2 aliphatic rings. The first-order chi connectivity index (χ1) is 33.0. The van der Waals surface area contributed by atoms with E-state index >= 15 is 8.78 Å². The first kappa shape index (κ1) is 50.3.